The highest BCUT2D eigenvalue weighted by molar-refractivity contribution is 5.74. The zero-order valence-electron chi connectivity index (χ0n) is 20.9. The van der Waals surface area contributed by atoms with Crippen LogP contribution in [0.1, 0.15) is 143 Å². The predicted molar refractivity (Wildman–Crippen MR) is 128 cm³/mol. The van der Waals surface area contributed by atoms with E-state index in [4.69, 9.17) is 4.84 Å². The van der Waals surface area contributed by atoms with Gasteiger partial charge in [0.25, 0.3) is 0 Å². The van der Waals surface area contributed by atoms with Crippen LogP contribution in [-0.4, -0.2) is 35.3 Å². The van der Waals surface area contributed by atoms with Crippen molar-refractivity contribution >= 4 is 5.91 Å². The summed E-state index contributed by atoms with van der Waals surface area (Å²) >= 11 is 0. The average molecular weight is 428 g/mol. The van der Waals surface area contributed by atoms with Gasteiger partial charge in [-0.25, -0.2) is 5.06 Å². The molecule has 0 saturated heterocycles. The van der Waals surface area contributed by atoms with Gasteiger partial charge in [-0.1, -0.05) is 110 Å². The molecule has 0 fully saturated rings. The van der Waals surface area contributed by atoms with Crippen LogP contribution in [0.3, 0.4) is 0 Å². The minimum Gasteiger partial charge on any atom is -0.390 e. The van der Waals surface area contributed by atoms with Crippen molar-refractivity contribution in [3.63, 3.8) is 0 Å². The summed E-state index contributed by atoms with van der Waals surface area (Å²) < 4.78 is 0. The third kappa shape index (κ3) is 22.1. The van der Waals surface area contributed by atoms with E-state index in [1.807, 2.05) is 0 Å². The molecule has 0 aliphatic rings. The van der Waals surface area contributed by atoms with Crippen molar-refractivity contribution in [3.8, 4) is 0 Å². The maximum atomic E-state index is 12.0. The smallest absolute Gasteiger partial charge is 0.245 e. The second-order valence-corrected chi connectivity index (χ2v) is 9.69. The Morgan fingerprint density at radius 3 is 1.47 bits per heavy atom. The number of carbonyl (C=O) groups excluding carboxylic acids is 1. The first-order valence-corrected chi connectivity index (χ1v) is 13.0. The zero-order valence-corrected chi connectivity index (χ0v) is 20.9. The Balaban J connectivity index is 3.28. The van der Waals surface area contributed by atoms with E-state index in [9.17, 15) is 9.90 Å². The van der Waals surface area contributed by atoms with Crippen LogP contribution in [0.15, 0.2) is 0 Å². The lowest BCUT2D eigenvalue weighted by molar-refractivity contribution is -0.182. The Morgan fingerprint density at radius 1 is 0.733 bits per heavy atom. The van der Waals surface area contributed by atoms with Crippen LogP contribution >= 0.6 is 0 Å². The number of amides is 1. The van der Waals surface area contributed by atoms with E-state index in [1.165, 1.54) is 101 Å². The fourth-order valence-corrected chi connectivity index (χ4v) is 3.66. The first-order chi connectivity index (χ1) is 14.4. The first kappa shape index (κ1) is 29.4. The number of rotatable bonds is 22. The molecule has 0 aromatic rings. The van der Waals surface area contributed by atoms with Gasteiger partial charge in [0.2, 0.25) is 5.91 Å². The van der Waals surface area contributed by atoms with Gasteiger partial charge in [0.1, 0.15) is 0 Å². The Morgan fingerprint density at radius 2 is 1.10 bits per heavy atom. The van der Waals surface area contributed by atoms with E-state index in [2.05, 4.69) is 6.92 Å². The van der Waals surface area contributed by atoms with Gasteiger partial charge in [-0.2, -0.15) is 0 Å². The number of nitrogens with zero attached hydrogens (tertiary/aromatic N) is 1. The van der Waals surface area contributed by atoms with E-state index < -0.39 is 5.60 Å². The van der Waals surface area contributed by atoms with Crippen LogP contribution in [-0.2, 0) is 9.63 Å². The molecule has 1 N–H and O–H groups in total. The second kappa shape index (κ2) is 20.3. The lowest BCUT2D eigenvalue weighted by atomic mass is 10.0. The summed E-state index contributed by atoms with van der Waals surface area (Å²) in [6.45, 7) is 6.14. The number of hydrogen-bond acceptors (Lipinski definition) is 3. The minimum atomic E-state index is -0.753. The molecular formula is C26H53NO3. The molecule has 0 bridgehead atoms. The fourth-order valence-electron chi connectivity index (χ4n) is 3.66. The zero-order chi connectivity index (χ0) is 22.5. The summed E-state index contributed by atoms with van der Waals surface area (Å²) in [5, 5.41) is 11.0. The molecule has 4 nitrogen and oxygen atoms in total. The van der Waals surface area contributed by atoms with Crippen LogP contribution in [0.4, 0.5) is 0 Å². The van der Waals surface area contributed by atoms with Crippen LogP contribution in [0.25, 0.3) is 0 Å². The third-order valence-corrected chi connectivity index (χ3v) is 5.84. The average Bonchev–Trinajstić information content (AvgIpc) is 2.69. The van der Waals surface area contributed by atoms with Crippen LogP contribution < -0.4 is 0 Å². The fraction of sp³-hybridized carbons (Fsp3) is 0.962. The van der Waals surface area contributed by atoms with E-state index in [0.717, 1.165) is 12.8 Å². The summed E-state index contributed by atoms with van der Waals surface area (Å²) in [6.07, 6.45) is 24.0. The lowest BCUT2D eigenvalue weighted by Gasteiger charge is -2.20. The van der Waals surface area contributed by atoms with Gasteiger partial charge in [0.15, 0.2) is 0 Å². The summed E-state index contributed by atoms with van der Waals surface area (Å²) in [4.78, 5) is 17.4. The van der Waals surface area contributed by atoms with E-state index in [1.54, 1.807) is 20.9 Å². The maximum Gasteiger partial charge on any atom is 0.245 e. The molecule has 4 heteroatoms. The van der Waals surface area contributed by atoms with Crippen LogP contribution in [0.2, 0.25) is 0 Å². The molecule has 0 unspecified atom stereocenters. The number of hydroxylamine groups is 2. The topological polar surface area (TPSA) is 49.8 Å². The first-order valence-electron chi connectivity index (χ1n) is 13.0. The van der Waals surface area contributed by atoms with Crippen molar-refractivity contribution in [1.29, 1.82) is 0 Å². The molecular weight excluding hydrogens is 374 g/mol. The van der Waals surface area contributed by atoms with Crippen molar-refractivity contribution in [2.75, 3.05) is 13.7 Å². The predicted octanol–water partition coefficient (Wildman–Crippen LogP) is 7.58. The van der Waals surface area contributed by atoms with E-state index in [-0.39, 0.29) is 5.91 Å². The molecule has 0 spiro atoms. The second-order valence-electron chi connectivity index (χ2n) is 9.69. The van der Waals surface area contributed by atoms with Crippen LogP contribution in [0.5, 0.6) is 0 Å². The molecule has 0 saturated carbocycles. The van der Waals surface area contributed by atoms with Crippen molar-refractivity contribution in [2.45, 2.75) is 148 Å². The van der Waals surface area contributed by atoms with Gasteiger partial charge >= 0.3 is 0 Å². The highest BCUT2D eigenvalue weighted by Gasteiger charge is 2.14. The molecule has 0 atom stereocenters. The molecule has 0 heterocycles. The molecule has 0 aliphatic carbocycles. The van der Waals surface area contributed by atoms with Crippen LogP contribution in [0, 0.1) is 0 Å². The SMILES string of the molecule is CCCCCCCCCCCCCCCCCCCC(=O)N(C)OCCC(C)(C)O. The monoisotopic (exact) mass is 427 g/mol. The highest BCUT2D eigenvalue weighted by Crippen LogP contribution is 2.14. The quantitative estimate of drug-likeness (QED) is 0.143. The Bertz CT molecular complexity index is 379. The summed E-state index contributed by atoms with van der Waals surface area (Å²) in [6, 6.07) is 0. The molecule has 0 rings (SSSR count). The van der Waals surface area contributed by atoms with Gasteiger partial charge in [-0.05, 0) is 20.3 Å². The Kier molecular flexibility index (Phi) is 19.9. The van der Waals surface area contributed by atoms with Crippen molar-refractivity contribution in [3.05, 3.63) is 0 Å². The molecule has 1 amide bonds. The van der Waals surface area contributed by atoms with Crippen molar-refractivity contribution in [1.82, 2.24) is 5.06 Å². The Hall–Kier alpha value is -0.610. The van der Waals surface area contributed by atoms with Gasteiger partial charge in [0, 0.05) is 19.9 Å². The van der Waals surface area contributed by atoms with Gasteiger partial charge in [0.05, 0.1) is 12.2 Å². The van der Waals surface area contributed by atoms with Crippen molar-refractivity contribution < 1.29 is 14.7 Å². The van der Waals surface area contributed by atoms with E-state index in [0.29, 0.717) is 19.4 Å². The molecule has 0 aliphatic heterocycles. The van der Waals surface area contributed by atoms with Gasteiger partial charge in [-0.3, -0.25) is 9.63 Å². The van der Waals surface area contributed by atoms with Gasteiger partial charge in [-0.15, -0.1) is 0 Å². The van der Waals surface area contributed by atoms with Crippen molar-refractivity contribution in [2.24, 2.45) is 0 Å². The highest BCUT2D eigenvalue weighted by atomic mass is 16.7. The normalized spacial score (nSPS) is 11.8. The minimum absolute atomic E-state index is 0.0340. The summed E-state index contributed by atoms with van der Waals surface area (Å²) in [5.74, 6) is 0.0340. The summed E-state index contributed by atoms with van der Waals surface area (Å²) in [7, 11) is 1.67. The maximum absolute atomic E-state index is 12.0. The van der Waals surface area contributed by atoms with Gasteiger partial charge < -0.3 is 5.11 Å². The largest absolute Gasteiger partial charge is 0.390 e. The molecule has 30 heavy (non-hydrogen) atoms. The summed E-state index contributed by atoms with van der Waals surface area (Å²) in [5.41, 5.74) is -0.753. The molecule has 0 aromatic heterocycles. The number of aliphatic hydroxyl groups is 1. The molecule has 180 valence electrons. The lowest BCUT2D eigenvalue weighted by Crippen LogP contribution is -2.30. The standard InChI is InChI=1S/C26H53NO3/c1-5-6-7-8-9-10-11-12-13-14-15-16-17-18-19-20-21-22-25(28)27(4)30-24-23-26(2,3)29/h29H,5-24H2,1-4H3. The van der Waals surface area contributed by atoms with E-state index >= 15 is 0 Å². The number of unbranched alkanes of at least 4 members (excludes halogenated alkanes) is 16. The number of hydrogen-bond donors (Lipinski definition) is 1. The molecule has 0 radical (unpaired) electrons. The number of carbonyl (C=O) groups is 1. The Labute approximate surface area is 188 Å². The molecule has 0 aromatic carbocycles. The third-order valence-electron chi connectivity index (χ3n) is 5.84.